The molecule has 0 aliphatic carbocycles. The Kier molecular flexibility index (Phi) is 3.98. The summed E-state index contributed by atoms with van der Waals surface area (Å²) in [5.41, 5.74) is 2.11. The van der Waals surface area contributed by atoms with Gasteiger partial charge in [-0.05, 0) is 43.2 Å². The Morgan fingerprint density at radius 1 is 1.25 bits per heavy atom. The van der Waals surface area contributed by atoms with Crippen molar-refractivity contribution in [1.29, 1.82) is 0 Å². The van der Waals surface area contributed by atoms with Crippen molar-refractivity contribution < 1.29 is 9.31 Å². The summed E-state index contributed by atoms with van der Waals surface area (Å²) in [7, 11) is 0. The number of rotatable bonds is 4. The van der Waals surface area contributed by atoms with Crippen LogP contribution >= 0.6 is 0 Å². The summed E-state index contributed by atoms with van der Waals surface area (Å²) in [4.78, 5) is 10.6. The number of anilines is 1. The molecule has 0 spiro atoms. The van der Waals surface area contributed by atoms with E-state index in [1.165, 1.54) is 18.2 Å². The zero-order valence-electron chi connectivity index (χ0n) is 11.3. The molecule has 1 N–H and O–H groups in total. The van der Waals surface area contributed by atoms with Gasteiger partial charge in [0, 0.05) is 12.1 Å². The quantitative estimate of drug-likeness (QED) is 0.671. The molecule has 0 aliphatic heterocycles. The van der Waals surface area contributed by atoms with Crippen molar-refractivity contribution in [3.63, 3.8) is 0 Å². The van der Waals surface area contributed by atoms with Crippen LogP contribution in [0.3, 0.4) is 0 Å². The van der Waals surface area contributed by atoms with E-state index >= 15 is 0 Å². The molecule has 104 valence electrons. The molecule has 0 saturated heterocycles. The number of nitrogens with one attached hydrogen (secondary N) is 1. The SMILES string of the molecule is Cc1ccc([N+](=O)[O-])c(NC(C)c2cccc(F)c2)c1. The van der Waals surface area contributed by atoms with Gasteiger partial charge < -0.3 is 5.32 Å². The minimum Gasteiger partial charge on any atom is -0.373 e. The fraction of sp³-hybridized carbons (Fsp3) is 0.200. The Bertz CT molecular complexity index is 644. The molecule has 1 unspecified atom stereocenters. The van der Waals surface area contributed by atoms with Gasteiger partial charge in [-0.25, -0.2) is 4.39 Å². The van der Waals surface area contributed by atoms with E-state index in [9.17, 15) is 14.5 Å². The van der Waals surface area contributed by atoms with E-state index in [1.54, 1.807) is 24.3 Å². The molecule has 0 aliphatic rings. The normalized spacial score (nSPS) is 11.9. The lowest BCUT2D eigenvalue weighted by atomic mass is 10.1. The maximum atomic E-state index is 13.2. The van der Waals surface area contributed by atoms with Crippen molar-refractivity contribution >= 4 is 11.4 Å². The predicted molar refractivity (Wildman–Crippen MR) is 76.3 cm³/mol. The summed E-state index contributed by atoms with van der Waals surface area (Å²) in [5.74, 6) is -0.324. The minimum atomic E-state index is -0.430. The van der Waals surface area contributed by atoms with Crippen LogP contribution in [-0.4, -0.2) is 4.92 Å². The third kappa shape index (κ3) is 3.12. The van der Waals surface area contributed by atoms with Gasteiger partial charge in [-0.15, -0.1) is 0 Å². The van der Waals surface area contributed by atoms with E-state index in [2.05, 4.69) is 5.32 Å². The molecule has 4 nitrogen and oxygen atoms in total. The first kappa shape index (κ1) is 14.0. The lowest BCUT2D eigenvalue weighted by Gasteiger charge is -2.16. The van der Waals surface area contributed by atoms with E-state index in [0.717, 1.165) is 11.1 Å². The molecule has 2 aromatic carbocycles. The highest BCUT2D eigenvalue weighted by molar-refractivity contribution is 5.63. The second kappa shape index (κ2) is 5.69. The minimum absolute atomic E-state index is 0.0128. The van der Waals surface area contributed by atoms with Crippen molar-refractivity contribution in [2.24, 2.45) is 0 Å². The smallest absolute Gasteiger partial charge is 0.292 e. The lowest BCUT2D eigenvalue weighted by Crippen LogP contribution is -2.08. The second-order valence-electron chi connectivity index (χ2n) is 4.70. The second-order valence-corrected chi connectivity index (χ2v) is 4.70. The number of hydrogen-bond donors (Lipinski definition) is 1. The lowest BCUT2D eigenvalue weighted by molar-refractivity contribution is -0.384. The molecule has 2 aromatic rings. The molecule has 0 heterocycles. The highest BCUT2D eigenvalue weighted by atomic mass is 19.1. The van der Waals surface area contributed by atoms with Crippen molar-refractivity contribution in [2.45, 2.75) is 19.9 Å². The summed E-state index contributed by atoms with van der Waals surface area (Å²) < 4.78 is 13.2. The van der Waals surface area contributed by atoms with Crippen molar-refractivity contribution in [1.82, 2.24) is 0 Å². The molecular weight excluding hydrogens is 259 g/mol. The topological polar surface area (TPSA) is 55.2 Å². The van der Waals surface area contributed by atoms with Crippen LogP contribution in [0.5, 0.6) is 0 Å². The van der Waals surface area contributed by atoms with Crippen LogP contribution in [0.25, 0.3) is 0 Å². The number of nitro groups is 1. The molecule has 0 saturated carbocycles. The fourth-order valence-electron chi connectivity index (χ4n) is 2.02. The maximum Gasteiger partial charge on any atom is 0.292 e. The maximum absolute atomic E-state index is 13.2. The fourth-order valence-corrected chi connectivity index (χ4v) is 2.02. The standard InChI is InChI=1S/C15H15FN2O2/c1-10-6-7-15(18(19)20)14(8-10)17-11(2)12-4-3-5-13(16)9-12/h3-9,11,17H,1-2H3. The monoisotopic (exact) mass is 274 g/mol. The van der Waals surface area contributed by atoms with Gasteiger partial charge in [0.05, 0.1) is 4.92 Å². The van der Waals surface area contributed by atoms with Crippen molar-refractivity contribution in [3.05, 3.63) is 69.5 Å². The van der Waals surface area contributed by atoms with Gasteiger partial charge in [-0.2, -0.15) is 0 Å². The average molecular weight is 274 g/mol. The van der Waals surface area contributed by atoms with Gasteiger partial charge in [-0.1, -0.05) is 18.2 Å². The number of nitro benzene ring substituents is 1. The van der Waals surface area contributed by atoms with Crippen LogP contribution in [0.4, 0.5) is 15.8 Å². The highest BCUT2D eigenvalue weighted by Gasteiger charge is 2.16. The molecule has 0 bridgehead atoms. The molecule has 20 heavy (non-hydrogen) atoms. The van der Waals surface area contributed by atoms with E-state index in [0.29, 0.717) is 5.69 Å². The summed E-state index contributed by atoms with van der Waals surface area (Å²) >= 11 is 0. The Morgan fingerprint density at radius 2 is 2.00 bits per heavy atom. The molecule has 0 aromatic heterocycles. The Morgan fingerprint density at radius 3 is 2.65 bits per heavy atom. The van der Waals surface area contributed by atoms with Crippen LogP contribution in [0.15, 0.2) is 42.5 Å². The average Bonchev–Trinajstić information content (AvgIpc) is 2.38. The van der Waals surface area contributed by atoms with Gasteiger partial charge in [0.15, 0.2) is 0 Å². The first-order valence-electron chi connectivity index (χ1n) is 6.24. The highest BCUT2D eigenvalue weighted by Crippen LogP contribution is 2.29. The van der Waals surface area contributed by atoms with E-state index < -0.39 is 4.92 Å². The van der Waals surface area contributed by atoms with Gasteiger partial charge >= 0.3 is 0 Å². The van der Waals surface area contributed by atoms with Crippen LogP contribution in [0.2, 0.25) is 0 Å². The van der Waals surface area contributed by atoms with E-state index in [1.807, 2.05) is 13.8 Å². The molecule has 0 radical (unpaired) electrons. The van der Waals surface area contributed by atoms with Gasteiger partial charge in [0.25, 0.3) is 5.69 Å². The Labute approximate surface area is 116 Å². The zero-order valence-corrected chi connectivity index (χ0v) is 11.3. The van der Waals surface area contributed by atoms with E-state index in [-0.39, 0.29) is 17.5 Å². The number of hydrogen-bond acceptors (Lipinski definition) is 3. The van der Waals surface area contributed by atoms with Gasteiger partial charge in [0.1, 0.15) is 11.5 Å². The van der Waals surface area contributed by atoms with Crippen LogP contribution in [0, 0.1) is 22.9 Å². The molecule has 0 amide bonds. The Balaban J connectivity index is 2.29. The predicted octanol–water partition coefficient (Wildman–Crippen LogP) is 4.22. The van der Waals surface area contributed by atoms with Gasteiger partial charge in [0.2, 0.25) is 0 Å². The molecule has 5 heteroatoms. The summed E-state index contributed by atoms with van der Waals surface area (Å²) in [6, 6.07) is 10.8. The molecule has 0 fully saturated rings. The van der Waals surface area contributed by atoms with Gasteiger partial charge in [-0.3, -0.25) is 10.1 Å². The summed E-state index contributed by atoms with van der Waals surface area (Å²) in [5, 5.41) is 14.1. The third-order valence-corrected chi connectivity index (χ3v) is 3.07. The summed E-state index contributed by atoms with van der Waals surface area (Å²) in [6.07, 6.45) is 0. The number of nitrogens with zero attached hydrogens (tertiary/aromatic N) is 1. The first-order valence-corrected chi connectivity index (χ1v) is 6.24. The van der Waals surface area contributed by atoms with Crippen molar-refractivity contribution in [2.75, 3.05) is 5.32 Å². The van der Waals surface area contributed by atoms with Crippen LogP contribution in [-0.2, 0) is 0 Å². The largest absolute Gasteiger partial charge is 0.373 e. The number of benzene rings is 2. The summed E-state index contributed by atoms with van der Waals surface area (Å²) in [6.45, 7) is 3.70. The van der Waals surface area contributed by atoms with E-state index in [4.69, 9.17) is 0 Å². The first-order chi connectivity index (χ1) is 9.47. The third-order valence-electron chi connectivity index (χ3n) is 3.07. The number of aryl methyl sites for hydroxylation is 1. The molecule has 2 rings (SSSR count). The molecular formula is C15H15FN2O2. The van der Waals surface area contributed by atoms with Crippen LogP contribution < -0.4 is 5.32 Å². The zero-order chi connectivity index (χ0) is 14.7. The molecule has 1 atom stereocenters. The number of halogens is 1. The van der Waals surface area contributed by atoms with Crippen molar-refractivity contribution in [3.8, 4) is 0 Å². The van der Waals surface area contributed by atoms with Crippen LogP contribution in [0.1, 0.15) is 24.1 Å². The Hall–Kier alpha value is -2.43.